The maximum absolute atomic E-state index is 11.8. The van der Waals surface area contributed by atoms with Crippen molar-refractivity contribution in [1.29, 1.82) is 0 Å². The van der Waals surface area contributed by atoms with Gasteiger partial charge in [0, 0.05) is 12.0 Å². The van der Waals surface area contributed by atoms with E-state index in [9.17, 15) is 9.59 Å². The van der Waals surface area contributed by atoms with Gasteiger partial charge in [-0.2, -0.15) is 0 Å². The van der Waals surface area contributed by atoms with Crippen LogP contribution in [0, 0.1) is 23.7 Å². The Kier molecular flexibility index (Phi) is 2.19. The molecule has 0 aliphatic heterocycles. The van der Waals surface area contributed by atoms with E-state index in [1.165, 1.54) is 19.3 Å². The molecule has 88 valence electrons. The molecule has 2 atom stereocenters. The number of carboxylic acid groups (broad SMARTS) is 1. The van der Waals surface area contributed by atoms with Gasteiger partial charge in [0.25, 0.3) is 0 Å². The first kappa shape index (κ1) is 10.1. The average Bonchev–Trinajstić information content (AvgIpc) is 2.65. The van der Waals surface area contributed by atoms with Gasteiger partial charge in [-0.25, -0.2) is 0 Å². The van der Waals surface area contributed by atoms with Crippen molar-refractivity contribution in [1.82, 2.24) is 5.32 Å². The Morgan fingerprint density at radius 3 is 2.31 bits per heavy atom. The first-order valence-corrected chi connectivity index (χ1v) is 6.20. The lowest BCUT2D eigenvalue weighted by Gasteiger charge is -2.33. The summed E-state index contributed by atoms with van der Waals surface area (Å²) in [5.41, 5.74) is 0. The van der Waals surface area contributed by atoms with Crippen LogP contribution in [-0.2, 0) is 9.59 Å². The van der Waals surface area contributed by atoms with Crippen molar-refractivity contribution in [2.75, 3.05) is 0 Å². The van der Waals surface area contributed by atoms with E-state index in [1.807, 2.05) is 0 Å². The molecule has 2 unspecified atom stereocenters. The molecule has 3 fully saturated rings. The number of carbonyl (C=O) groups is 2. The summed E-state index contributed by atoms with van der Waals surface area (Å²) in [6.07, 6.45) is 4.94. The van der Waals surface area contributed by atoms with Crippen LogP contribution in [0.1, 0.15) is 32.1 Å². The van der Waals surface area contributed by atoms with Crippen LogP contribution in [0.2, 0.25) is 0 Å². The maximum atomic E-state index is 11.8. The molecule has 0 saturated heterocycles. The predicted molar refractivity (Wildman–Crippen MR) is 56.6 cm³/mol. The third-order valence-corrected chi connectivity index (χ3v) is 4.54. The predicted octanol–water partition coefficient (Wildman–Crippen LogP) is 1.01. The van der Waals surface area contributed by atoms with Crippen LogP contribution < -0.4 is 5.32 Å². The van der Waals surface area contributed by atoms with Gasteiger partial charge in [0.1, 0.15) is 0 Å². The molecule has 3 rings (SSSR count). The van der Waals surface area contributed by atoms with Gasteiger partial charge in [-0.05, 0) is 37.5 Å². The van der Waals surface area contributed by atoms with Crippen molar-refractivity contribution in [3.05, 3.63) is 0 Å². The molecule has 1 amide bonds. The smallest absolute Gasteiger partial charge is 0.306 e. The fourth-order valence-corrected chi connectivity index (χ4v) is 3.45. The van der Waals surface area contributed by atoms with Crippen LogP contribution in [0.5, 0.6) is 0 Å². The topological polar surface area (TPSA) is 66.4 Å². The van der Waals surface area contributed by atoms with E-state index in [4.69, 9.17) is 5.11 Å². The molecule has 3 aliphatic rings. The van der Waals surface area contributed by atoms with E-state index in [-0.39, 0.29) is 23.8 Å². The molecule has 0 bridgehead atoms. The highest BCUT2D eigenvalue weighted by Crippen LogP contribution is 2.57. The van der Waals surface area contributed by atoms with Crippen LogP contribution in [0.3, 0.4) is 0 Å². The number of nitrogens with one attached hydrogen (secondary N) is 1. The highest BCUT2D eigenvalue weighted by Gasteiger charge is 2.56. The van der Waals surface area contributed by atoms with Crippen LogP contribution in [0.4, 0.5) is 0 Å². The van der Waals surface area contributed by atoms with Gasteiger partial charge in [0.2, 0.25) is 5.91 Å². The van der Waals surface area contributed by atoms with Crippen molar-refractivity contribution in [3.8, 4) is 0 Å². The summed E-state index contributed by atoms with van der Waals surface area (Å²) < 4.78 is 0. The molecule has 0 aromatic heterocycles. The van der Waals surface area contributed by atoms with E-state index in [0.717, 1.165) is 0 Å². The average molecular weight is 223 g/mol. The fourth-order valence-electron chi connectivity index (χ4n) is 3.45. The highest BCUT2D eigenvalue weighted by atomic mass is 16.4. The number of hydrogen-bond donors (Lipinski definition) is 2. The first-order valence-electron chi connectivity index (χ1n) is 6.20. The van der Waals surface area contributed by atoms with Gasteiger partial charge >= 0.3 is 5.97 Å². The Bertz CT molecular complexity index is 325. The Morgan fingerprint density at radius 1 is 1.12 bits per heavy atom. The number of carbonyl (C=O) groups excluding carboxylic acids is 1. The largest absolute Gasteiger partial charge is 0.481 e. The molecular weight excluding hydrogens is 206 g/mol. The molecule has 0 radical (unpaired) electrons. The Balaban J connectivity index is 1.44. The summed E-state index contributed by atoms with van der Waals surface area (Å²) in [4.78, 5) is 22.4. The molecule has 2 N–H and O–H groups in total. The summed E-state index contributed by atoms with van der Waals surface area (Å²) >= 11 is 0. The van der Waals surface area contributed by atoms with E-state index >= 15 is 0 Å². The van der Waals surface area contributed by atoms with Crippen molar-refractivity contribution in [2.24, 2.45) is 23.7 Å². The molecular formula is C12H17NO3. The minimum absolute atomic E-state index is 0.120. The SMILES string of the molecule is O=C(O)C1CC(NC(=O)C2C3CCCC32)C1. The summed E-state index contributed by atoms with van der Waals surface area (Å²) in [5, 5.41) is 11.7. The molecule has 0 spiro atoms. The van der Waals surface area contributed by atoms with E-state index in [0.29, 0.717) is 24.7 Å². The molecule has 4 heteroatoms. The Morgan fingerprint density at radius 2 is 1.75 bits per heavy atom. The third-order valence-electron chi connectivity index (χ3n) is 4.54. The van der Waals surface area contributed by atoms with Crippen molar-refractivity contribution >= 4 is 11.9 Å². The number of fused-ring (bicyclic) bond motifs is 1. The zero-order valence-corrected chi connectivity index (χ0v) is 9.19. The molecule has 4 nitrogen and oxygen atoms in total. The van der Waals surface area contributed by atoms with E-state index in [2.05, 4.69) is 5.32 Å². The second kappa shape index (κ2) is 3.47. The standard InChI is InChI=1S/C12H17NO3/c14-11(10-8-2-1-3-9(8)10)13-7-4-6(5-7)12(15)16/h6-10H,1-5H2,(H,13,14)(H,15,16). The normalized spacial score (nSPS) is 44.4. The highest BCUT2D eigenvalue weighted by molar-refractivity contribution is 5.83. The van der Waals surface area contributed by atoms with Crippen molar-refractivity contribution in [2.45, 2.75) is 38.1 Å². The second-order valence-electron chi connectivity index (χ2n) is 5.50. The van der Waals surface area contributed by atoms with Gasteiger partial charge in [-0.1, -0.05) is 6.42 Å². The lowest BCUT2D eigenvalue weighted by atomic mass is 9.80. The van der Waals surface area contributed by atoms with Gasteiger partial charge in [0.15, 0.2) is 0 Å². The van der Waals surface area contributed by atoms with Gasteiger partial charge in [-0.15, -0.1) is 0 Å². The maximum Gasteiger partial charge on any atom is 0.306 e. The summed E-state index contributed by atoms with van der Waals surface area (Å²) in [6.45, 7) is 0. The fraction of sp³-hybridized carbons (Fsp3) is 0.833. The third kappa shape index (κ3) is 1.51. The number of hydrogen-bond acceptors (Lipinski definition) is 2. The quantitative estimate of drug-likeness (QED) is 0.750. The molecule has 3 aliphatic carbocycles. The molecule has 0 heterocycles. The number of carboxylic acids is 1. The van der Waals surface area contributed by atoms with Crippen LogP contribution in [-0.4, -0.2) is 23.0 Å². The minimum atomic E-state index is -0.728. The van der Waals surface area contributed by atoms with E-state index in [1.54, 1.807) is 0 Å². The summed E-state index contributed by atoms with van der Waals surface area (Å²) in [7, 11) is 0. The van der Waals surface area contributed by atoms with Gasteiger partial charge in [0.05, 0.1) is 5.92 Å². The Labute approximate surface area is 94.4 Å². The zero-order valence-electron chi connectivity index (χ0n) is 9.19. The van der Waals surface area contributed by atoms with Crippen molar-refractivity contribution < 1.29 is 14.7 Å². The summed E-state index contributed by atoms with van der Waals surface area (Å²) in [5.74, 6) is 0.782. The van der Waals surface area contributed by atoms with Gasteiger partial charge in [-0.3, -0.25) is 9.59 Å². The van der Waals surface area contributed by atoms with Crippen molar-refractivity contribution in [3.63, 3.8) is 0 Å². The van der Waals surface area contributed by atoms with Crippen LogP contribution >= 0.6 is 0 Å². The Hall–Kier alpha value is -1.06. The van der Waals surface area contributed by atoms with Crippen LogP contribution in [0.25, 0.3) is 0 Å². The number of aliphatic carboxylic acids is 1. The monoisotopic (exact) mass is 223 g/mol. The van der Waals surface area contributed by atoms with Gasteiger partial charge < -0.3 is 10.4 Å². The second-order valence-corrected chi connectivity index (χ2v) is 5.50. The lowest BCUT2D eigenvalue weighted by molar-refractivity contribution is -0.146. The number of rotatable bonds is 3. The molecule has 0 aromatic rings. The van der Waals surface area contributed by atoms with E-state index < -0.39 is 5.97 Å². The zero-order chi connectivity index (χ0) is 11.3. The lowest BCUT2D eigenvalue weighted by Crippen LogP contribution is -2.47. The minimum Gasteiger partial charge on any atom is -0.481 e. The summed E-state index contributed by atoms with van der Waals surface area (Å²) in [6, 6.07) is 0.120. The number of amides is 1. The molecule has 3 saturated carbocycles. The molecule has 16 heavy (non-hydrogen) atoms. The van der Waals surface area contributed by atoms with Crippen LogP contribution in [0.15, 0.2) is 0 Å². The first-order chi connectivity index (χ1) is 7.66. The molecule has 0 aromatic carbocycles.